The molecule has 152 valence electrons. The number of rotatable bonds is 5. The molecule has 0 saturated heterocycles. The average molecular weight is 400 g/mol. The van der Waals surface area contributed by atoms with Gasteiger partial charge >= 0.3 is 6.09 Å². The van der Waals surface area contributed by atoms with Crippen molar-refractivity contribution in [2.45, 2.75) is 33.2 Å². The van der Waals surface area contributed by atoms with Crippen molar-refractivity contribution < 1.29 is 14.3 Å². The van der Waals surface area contributed by atoms with Gasteiger partial charge < -0.3 is 10.1 Å². The first kappa shape index (κ1) is 19.7. The number of hydrogen-bond acceptors (Lipinski definition) is 3. The van der Waals surface area contributed by atoms with E-state index >= 15 is 0 Å². The summed E-state index contributed by atoms with van der Waals surface area (Å²) < 4.78 is 5.53. The van der Waals surface area contributed by atoms with Crippen molar-refractivity contribution in [3.63, 3.8) is 0 Å². The second-order valence-electron chi connectivity index (χ2n) is 7.45. The van der Waals surface area contributed by atoms with Gasteiger partial charge in [-0.2, -0.15) is 0 Å². The number of benzene rings is 3. The molecule has 0 bridgehead atoms. The molecule has 0 aliphatic carbocycles. The maximum Gasteiger partial charge on any atom is 0.410 e. The SMILES string of the molecule is CC(=O)NCc1cc2c(c(-c3ccccc3)c1)CN(C(=O)OCc1ccccc1)C2. The molecule has 0 spiro atoms. The second kappa shape index (κ2) is 8.82. The van der Waals surface area contributed by atoms with Gasteiger partial charge in [-0.05, 0) is 39.4 Å². The highest BCUT2D eigenvalue weighted by molar-refractivity contribution is 5.75. The summed E-state index contributed by atoms with van der Waals surface area (Å²) in [4.78, 5) is 25.8. The van der Waals surface area contributed by atoms with Crippen molar-refractivity contribution in [2.75, 3.05) is 0 Å². The fraction of sp³-hybridized carbons (Fsp3) is 0.200. The Morgan fingerprint density at radius 3 is 2.33 bits per heavy atom. The largest absolute Gasteiger partial charge is 0.445 e. The van der Waals surface area contributed by atoms with Gasteiger partial charge in [0, 0.05) is 20.0 Å². The lowest BCUT2D eigenvalue weighted by atomic mass is 9.94. The molecule has 0 unspecified atom stereocenters. The normalized spacial score (nSPS) is 12.4. The van der Waals surface area contributed by atoms with Crippen LogP contribution in [0.15, 0.2) is 72.8 Å². The van der Waals surface area contributed by atoms with E-state index in [0.717, 1.165) is 33.4 Å². The van der Waals surface area contributed by atoms with Gasteiger partial charge in [-0.1, -0.05) is 66.7 Å². The third-order valence-corrected chi connectivity index (χ3v) is 5.20. The zero-order valence-electron chi connectivity index (χ0n) is 16.9. The minimum Gasteiger partial charge on any atom is -0.445 e. The molecule has 0 atom stereocenters. The van der Waals surface area contributed by atoms with Gasteiger partial charge in [0.25, 0.3) is 0 Å². The Morgan fingerprint density at radius 1 is 0.933 bits per heavy atom. The average Bonchev–Trinajstić information content (AvgIpc) is 3.21. The Hall–Kier alpha value is -3.60. The third kappa shape index (κ3) is 4.51. The van der Waals surface area contributed by atoms with Gasteiger partial charge in [0.05, 0.1) is 6.54 Å². The minimum atomic E-state index is -0.322. The zero-order chi connectivity index (χ0) is 20.9. The van der Waals surface area contributed by atoms with Gasteiger partial charge in [0.1, 0.15) is 6.61 Å². The Kier molecular flexibility index (Phi) is 5.80. The highest BCUT2D eigenvalue weighted by Crippen LogP contribution is 2.34. The molecule has 5 nitrogen and oxygen atoms in total. The van der Waals surface area contributed by atoms with E-state index in [9.17, 15) is 9.59 Å². The number of hydrogen-bond donors (Lipinski definition) is 1. The predicted molar refractivity (Wildman–Crippen MR) is 115 cm³/mol. The summed E-state index contributed by atoms with van der Waals surface area (Å²) in [5.41, 5.74) is 6.38. The molecule has 1 heterocycles. The van der Waals surface area contributed by atoms with Crippen LogP contribution in [0, 0.1) is 0 Å². The summed E-state index contributed by atoms with van der Waals surface area (Å²) in [7, 11) is 0. The standard InChI is InChI=1S/C25H24N2O3/c1-18(28)26-14-20-12-22-15-27(25(29)30-17-19-8-4-2-5-9-19)16-24(22)23(13-20)21-10-6-3-7-11-21/h2-13H,14-17H2,1H3,(H,26,28). The molecule has 0 radical (unpaired) electrons. The molecule has 3 aromatic rings. The van der Waals surface area contributed by atoms with Crippen molar-refractivity contribution >= 4 is 12.0 Å². The number of ether oxygens (including phenoxy) is 1. The van der Waals surface area contributed by atoms with E-state index < -0.39 is 0 Å². The van der Waals surface area contributed by atoms with Crippen LogP contribution in [-0.2, 0) is 35.8 Å². The van der Waals surface area contributed by atoms with Gasteiger partial charge in [0.15, 0.2) is 0 Å². The third-order valence-electron chi connectivity index (χ3n) is 5.20. The number of carbonyl (C=O) groups is 2. The first-order valence-corrected chi connectivity index (χ1v) is 10.0. The van der Waals surface area contributed by atoms with E-state index in [2.05, 4.69) is 29.6 Å². The molecule has 1 N–H and O–H groups in total. The Bertz CT molecular complexity index is 1050. The molecule has 0 fully saturated rings. The smallest absolute Gasteiger partial charge is 0.410 e. The number of carbonyl (C=O) groups excluding carboxylic acids is 2. The summed E-state index contributed by atoms with van der Waals surface area (Å²) in [6.07, 6.45) is -0.322. The number of amides is 2. The fourth-order valence-corrected chi connectivity index (χ4v) is 3.72. The predicted octanol–water partition coefficient (Wildman–Crippen LogP) is 4.64. The second-order valence-corrected chi connectivity index (χ2v) is 7.45. The van der Waals surface area contributed by atoms with Crippen LogP contribution in [-0.4, -0.2) is 16.9 Å². The number of nitrogens with zero attached hydrogens (tertiary/aromatic N) is 1. The van der Waals surface area contributed by atoms with Crippen LogP contribution >= 0.6 is 0 Å². The van der Waals surface area contributed by atoms with Crippen LogP contribution < -0.4 is 5.32 Å². The maximum atomic E-state index is 12.7. The molecule has 0 aromatic heterocycles. The summed E-state index contributed by atoms with van der Waals surface area (Å²) in [6, 6.07) is 24.0. The van der Waals surface area contributed by atoms with Crippen molar-refractivity contribution in [2.24, 2.45) is 0 Å². The Balaban J connectivity index is 1.55. The van der Waals surface area contributed by atoms with Crippen LogP contribution in [0.5, 0.6) is 0 Å². The number of fused-ring (bicyclic) bond motifs is 1. The van der Waals surface area contributed by atoms with E-state index in [4.69, 9.17) is 4.74 Å². The lowest BCUT2D eigenvalue weighted by Gasteiger charge is -2.15. The molecule has 0 saturated carbocycles. The summed E-state index contributed by atoms with van der Waals surface area (Å²) in [5.74, 6) is -0.0668. The lowest BCUT2D eigenvalue weighted by Crippen LogP contribution is -2.26. The molecule has 5 heteroatoms. The maximum absolute atomic E-state index is 12.7. The monoisotopic (exact) mass is 400 g/mol. The van der Waals surface area contributed by atoms with Crippen LogP contribution in [0.3, 0.4) is 0 Å². The van der Waals surface area contributed by atoms with Crippen molar-refractivity contribution in [1.29, 1.82) is 0 Å². The minimum absolute atomic E-state index is 0.0668. The van der Waals surface area contributed by atoms with E-state index in [-0.39, 0.29) is 18.6 Å². The Labute approximate surface area is 176 Å². The molecule has 1 aliphatic rings. The molecule has 1 aliphatic heterocycles. The summed E-state index contributed by atoms with van der Waals surface area (Å²) in [5, 5.41) is 2.86. The van der Waals surface area contributed by atoms with E-state index in [1.165, 1.54) is 6.92 Å². The molecule has 4 rings (SSSR count). The highest BCUT2D eigenvalue weighted by atomic mass is 16.6. The van der Waals surface area contributed by atoms with Crippen LogP contribution in [0.25, 0.3) is 11.1 Å². The van der Waals surface area contributed by atoms with Gasteiger partial charge in [-0.3, -0.25) is 9.69 Å². The first-order chi connectivity index (χ1) is 14.6. The zero-order valence-corrected chi connectivity index (χ0v) is 16.9. The van der Waals surface area contributed by atoms with E-state index in [1.54, 1.807) is 4.90 Å². The molecule has 30 heavy (non-hydrogen) atoms. The van der Waals surface area contributed by atoms with E-state index in [1.807, 2.05) is 48.5 Å². The molecule has 2 amide bonds. The van der Waals surface area contributed by atoms with Gasteiger partial charge in [-0.25, -0.2) is 4.79 Å². The first-order valence-electron chi connectivity index (χ1n) is 10.0. The molecular formula is C25H24N2O3. The molecular weight excluding hydrogens is 376 g/mol. The number of nitrogens with one attached hydrogen (secondary N) is 1. The quantitative estimate of drug-likeness (QED) is 0.679. The van der Waals surface area contributed by atoms with Gasteiger partial charge in [-0.15, -0.1) is 0 Å². The molecule has 3 aromatic carbocycles. The van der Waals surface area contributed by atoms with Crippen molar-refractivity contribution in [1.82, 2.24) is 10.2 Å². The van der Waals surface area contributed by atoms with Crippen LogP contribution in [0.1, 0.15) is 29.2 Å². The van der Waals surface area contributed by atoms with Crippen LogP contribution in [0.4, 0.5) is 4.79 Å². The fourth-order valence-electron chi connectivity index (χ4n) is 3.72. The van der Waals surface area contributed by atoms with Gasteiger partial charge in [0.2, 0.25) is 5.91 Å². The van der Waals surface area contributed by atoms with E-state index in [0.29, 0.717) is 19.6 Å². The highest BCUT2D eigenvalue weighted by Gasteiger charge is 2.27. The van der Waals surface area contributed by atoms with Crippen LogP contribution in [0.2, 0.25) is 0 Å². The lowest BCUT2D eigenvalue weighted by molar-refractivity contribution is -0.119. The topological polar surface area (TPSA) is 58.6 Å². The van der Waals surface area contributed by atoms with Crippen molar-refractivity contribution in [3.8, 4) is 11.1 Å². The van der Waals surface area contributed by atoms with Crippen molar-refractivity contribution in [3.05, 3.63) is 95.1 Å². The summed E-state index contributed by atoms with van der Waals surface area (Å²) >= 11 is 0. The summed E-state index contributed by atoms with van der Waals surface area (Å²) in [6.45, 7) is 3.23. The Morgan fingerprint density at radius 2 is 1.63 bits per heavy atom.